The molecule has 1 aromatic carbocycles. The average molecular weight is 332 g/mol. The molecule has 25 heavy (non-hydrogen) atoms. The number of pyridine rings is 1. The summed E-state index contributed by atoms with van der Waals surface area (Å²) in [5.41, 5.74) is 6.28. The van der Waals surface area contributed by atoms with Crippen molar-refractivity contribution >= 4 is 17.1 Å². The van der Waals surface area contributed by atoms with Crippen LogP contribution in [-0.4, -0.2) is 30.0 Å². The van der Waals surface area contributed by atoms with E-state index < -0.39 is 5.91 Å². The molecular weight excluding hydrogens is 320 g/mol. The Morgan fingerprint density at radius 1 is 0.960 bits per heavy atom. The van der Waals surface area contributed by atoms with Gasteiger partial charge >= 0.3 is 5.69 Å². The van der Waals surface area contributed by atoms with Gasteiger partial charge in [-0.15, -0.1) is 0 Å². The molecule has 0 atom stereocenters. The van der Waals surface area contributed by atoms with Crippen LogP contribution in [0.15, 0.2) is 65.7 Å². The number of benzene rings is 1. The SMILES string of the molecule is NC(=O)c1ncc2c(n1)n(-c1ccccn1)c(=O)n2-c1ccccc1. The van der Waals surface area contributed by atoms with Crippen molar-refractivity contribution in [2.45, 2.75) is 0 Å². The minimum atomic E-state index is -0.769. The molecule has 0 spiro atoms. The molecule has 0 aliphatic heterocycles. The molecule has 2 N–H and O–H groups in total. The van der Waals surface area contributed by atoms with Crippen molar-refractivity contribution in [2.75, 3.05) is 0 Å². The fourth-order valence-electron chi connectivity index (χ4n) is 2.62. The Morgan fingerprint density at radius 3 is 2.40 bits per heavy atom. The lowest BCUT2D eigenvalue weighted by molar-refractivity contribution is 0.0990. The fourth-order valence-corrected chi connectivity index (χ4v) is 2.62. The van der Waals surface area contributed by atoms with Crippen molar-refractivity contribution in [3.63, 3.8) is 0 Å². The summed E-state index contributed by atoms with van der Waals surface area (Å²) in [7, 11) is 0. The molecule has 0 aliphatic carbocycles. The van der Waals surface area contributed by atoms with Gasteiger partial charge in [-0.3, -0.25) is 9.36 Å². The second-order valence-corrected chi connectivity index (χ2v) is 5.24. The summed E-state index contributed by atoms with van der Waals surface area (Å²) in [4.78, 5) is 36.9. The van der Waals surface area contributed by atoms with Crippen LogP contribution in [0.3, 0.4) is 0 Å². The van der Waals surface area contributed by atoms with Crippen LogP contribution < -0.4 is 11.4 Å². The lowest BCUT2D eigenvalue weighted by atomic mass is 10.3. The number of nitrogens with two attached hydrogens (primary N) is 1. The summed E-state index contributed by atoms with van der Waals surface area (Å²) in [6.07, 6.45) is 2.99. The first kappa shape index (κ1) is 14.8. The van der Waals surface area contributed by atoms with Gasteiger partial charge < -0.3 is 5.73 Å². The molecule has 8 heteroatoms. The van der Waals surface area contributed by atoms with Crippen LogP contribution in [0.1, 0.15) is 10.6 Å². The van der Waals surface area contributed by atoms with Crippen molar-refractivity contribution in [3.8, 4) is 11.5 Å². The summed E-state index contributed by atoms with van der Waals surface area (Å²) in [5.74, 6) is -0.543. The number of rotatable bonds is 3. The van der Waals surface area contributed by atoms with Gasteiger partial charge in [0.1, 0.15) is 11.3 Å². The lowest BCUT2D eigenvalue weighted by Gasteiger charge is -2.01. The van der Waals surface area contributed by atoms with E-state index in [-0.39, 0.29) is 17.2 Å². The van der Waals surface area contributed by atoms with Crippen molar-refractivity contribution in [2.24, 2.45) is 5.73 Å². The summed E-state index contributed by atoms with van der Waals surface area (Å²) >= 11 is 0. The predicted octanol–water partition coefficient (Wildman–Crippen LogP) is 1.07. The predicted molar refractivity (Wildman–Crippen MR) is 90.8 cm³/mol. The first-order valence-corrected chi connectivity index (χ1v) is 7.44. The standard InChI is InChI=1S/C17H12N6O2/c18-14(24)15-20-10-12-16(21-15)23(13-8-4-5-9-19-13)17(25)22(12)11-6-2-1-3-7-11/h1-10H,(H2,18,24). The van der Waals surface area contributed by atoms with E-state index in [1.165, 1.54) is 15.3 Å². The molecule has 0 fully saturated rings. The Kier molecular flexibility index (Phi) is 3.35. The smallest absolute Gasteiger partial charge is 0.340 e. The zero-order chi connectivity index (χ0) is 17.4. The monoisotopic (exact) mass is 332 g/mol. The van der Waals surface area contributed by atoms with E-state index in [2.05, 4.69) is 15.0 Å². The lowest BCUT2D eigenvalue weighted by Crippen LogP contribution is -2.22. The Balaban J connectivity index is 2.13. The highest BCUT2D eigenvalue weighted by Crippen LogP contribution is 2.18. The van der Waals surface area contributed by atoms with Crippen LogP contribution >= 0.6 is 0 Å². The summed E-state index contributed by atoms with van der Waals surface area (Å²) < 4.78 is 2.80. The Morgan fingerprint density at radius 2 is 1.72 bits per heavy atom. The first-order valence-electron chi connectivity index (χ1n) is 7.44. The van der Waals surface area contributed by atoms with Gasteiger partial charge in [0.05, 0.1) is 11.9 Å². The van der Waals surface area contributed by atoms with Gasteiger partial charge in [0.25, 0.3) is 5.91 Å². The molecule has 0 bridgehead atoms. The number of hydrogen-bond donors (Lipinski definition) is 1. The summed E-state index contributed by atoms with van der Waals surface area (Å²) in [6.45, 7) is 0. The molecule has 3 aromatic heterocycles. The highest BCUT2D eigenvalue weighted by molar-refractivity contribution is 5.90. The second-order valence-electron chi connectivity index (χ2n) is 5.24. The number of carbonyl (C=O) groups excluding carboxylic acids is 1. The van der Waals surface area contributed by atoms with Gasteiger partial charge in [0.15, 0.2) is 5.65 Å². The van der Waals surface area contributed by atoms with Crippen LogP contribution in [0, 0.1) is 0 Å². The Bertz CT molecular complexity index is 1130. The Labute approximate surface area is 141 Å². The average Bonchev–Trinajstić information content (AvgIpc) is 2.94. The molecule has 0 radical (unpaired) electrons. The number of imidazole rings is 1. The molecule has 122 valence electrons. The number of amides is 1. The molecule has 1 amide bonds. The van der Waals surface area contributed by atoms with Crippen molar-refractivity contribution < 1.29 is 4.79 Å². The number of para-hydroxylation sites is 1. The maximum Gasteiger partial charge on any atom is 0.340 e. The number of hydrogen-bond acceptors (Lipinski definition) is 5. The quantitative estimate of drug-likeness (QED) is 0.603. The van der Waals surface area contributed by atoms with Gasteiger partial charge in [0, 0.05) is 6.20 Å². The maximum absolute atomic E-state index is 13.1. The molecule has 0 saturated carbocycles. The highest BCUT2D eigenvalue weighted by atomic mass is 16.2. The van der Waals surface area contributed by atoms with Crippen molar-refractivity contribution in [1.29, 1.82) is 0 Å². The normalized spacial score (nSPS) is 10.9. The van der Waals surface area contributed by atoms with E-state index in [1.807, 2.05) is 18.2 Å². The fraction of sp³-hybridized carbons (Fsp3) is 0. The minimum absolute atomic E-state index is 0.164. The Hall–Kier alpha value is -3.81. The summed E-state index contributed by atoms with van der Waals surface area (Å²) in [6, 6.07) is 14.3. The third-order valence-electron chi connectivity index (χ3n) is 3.70. The minimum Gasteiger partial charge on any atom is -0.363 e. The molecule has 3 heterocycles. The molecule has 4 aromatic rings. The van der Waals surface area contributed by atoms with E-state index in [9.17, 15) is 9.59 Å². The van der Waals surface area contributed by atoms with Crippen LogP contribution in [0.4, 0.5) is 0 Å². The zero-order valence-corrected chi connectivity index (χ0v) is 12.9. The third-order valence-corrected chi connectivity index (χ3v) is 3.70. The van der Waals surface area contributed by atoms with Gasteiger partial charge in [-0.2, -0.15) is 0 Å². The molecule has 4 rings (SSSR count). The molecular formula is C17H12N6O2. The first-order chi connectivity index (χ1) is 12.2. The van der Waals surface area contributed by atoms with Gasteiger partial charge in [-0.1, -0.05) is 24.3 Å². The summed E-state index contributed by atoms with van der Waals surface area (Å²) in [5, 5.41) is 0. The number of carbonyl (C=O) groups is 1. The van der Waals surface area contributed by atoms with Crippen LogP contribution in [-0.2, 0) is 0 Å². The maximum atomic E-state index is 13.1. The molecule has 8 nitrogen and oxygen atoms in total. The van der Waals surface area contributed by atoms with E-state index in [1.54, 1.807) is 36.5 Å². The van der Waals surface area contributed by atoms with E-state index >= 15 is 0 Å². The highest BCUT2D eigenvalue weighted by Gasteiger charge is 2.19. The van der Waals surface area contributed by atoms with Gasteiger partial charge in [-0.05, 0) is 24.3 Å². The van der Waals surface area contributed by atoms with Gasteiger partial charge in [0.2, 0.25) is 5.82 Å². The van der Waals surface area contributed by atoms with E-state index in [4.69, 9.17) is 5.73 Å². The van der Waals surface area contributed by atoms with E-state index in [0.29, 0.717) is 17.0 Å². The molecule has 0 saturated heterocycles. The van der Waals surface area contributed by atoms with Crippen LogP contribution in [0.25, 0.3) is 22.7 Å². The van der Waals surface area contributed by atoms with Crippen LogP contribution in [0.5, 0.6) is 0 Å². The van der Waals surface area contributed by atoms with Gasteiger partial charge in [-0.25, -0.2) is 24.3 Å². The topological polar surface area (TPSA) is 109 Å². The van der Waals surface area contributed by atoms with Crippen molar-refractivity contribution in [3.05, 3.63) is 77.2 Å². The third kappa shape index (κ3) is 2.36. The van der Waals surface area contributed by atoms with Crippen molar-refractivity contribution in [1.82, 2.24) is 24.1 Å². The second kappa shape index (κ2) is 5.68. The number of aromatic nitrogens is 5. The largest absolute Gasteiger partial charge is 0.363 e. The van der Waals surface area contributed by atoms with Crippen LogP contribution in [0.2, 0.25) is 0 Å². The molecule has 0 unspecified atom stereocenters. The number of primary amides is 1. The number of nitrogens with zero attached hydrogens (tertiary/aromatic N) is 5. The molecule has 0 aliphatic rings. The zero-order valence-electron chi connectivity index (χ0n) is 12.9. The number of fused-ring (bicyclic) bond motifs is 1. The van der Waals surface area contributed by atoms with E-state index in [0.717, 1.165) is 0 Å².